The largest absolute Gasteiger partial charge is 0.392 e. The van der Waals surface area contributed by atoms with Crippen LogP contribution >= 0.6 is 0 Å². The number of hydrogen-bond acceptors (Lipinski definition) is 2. The van der Waals surface area contributed by atoms with Crippen LogP contribution in [-0.4, -0.2) is 16.2 Å². The van der Waals surface area contributed by atoms with Gasteiger partial charge in [0.2, 0.25) is 0 Å². The Morgan fingerprint density at radius 2 is 1.87 bits per heavy atom. The van der Waals surface area contributed by atoms with Gasteiger partial charge in [0.15, 0.2) is 0 Å². The van der Waals surface area contributed by atoms with E-state index in [4.69, 9.17) is 0 Å². The quantitative estimate of drug-likeness (QED) is 0.822. The first kappa shape index (κ1) is 10.6. The Bertz CT molecular complexity index is 280. The molecule has 0 aromatic carbocycles. The van der Waals surface area contributed by atoms with Gasteiger partial charge in [0.1, 0.15) is 0 Å². The Morgan fingerprint density at radius 1 is 1.20 bits per heavy atom. The smallest absolute Gasteiger partial charge is 0.0608 e. The SMILES string of the molecule is OC(Cc1ccncc1)C1CCCCC1. The third kappa shape index (κ3) is 3.03. The van der Waals surface area contributed by atoms with Gasteiger partial charge in [-0.15, -0.1) is 0 Å². The number of aliphatic hydroxyl groups is 1. The number of rotatable bonds is 3. The summed E-state index contributed by atoms with van der Waals surface area (Å²) in [7, 11) is 0. The van der Waals surface area contributed by atoms with Crippen molar-refractivity contribution in [3.05, 3.63) is 30.1 Å². The van der Waals surface area contributed by atoms with Gasteiger partial charge in [-0.2, -0.15) is 0 Å². The molecule has 0 aliphatic heterocycles. The fraction of sp³-hybridized carbons (Fsp3) is 0.615. The maximum Gasteiger partial charge on any atom is 0.0608 e. The summed E-state index contributed by atoms with van der Waals surface area (Å²) in [5.74, 6) is 0.520. The third-order valence-electron chi connectivity index (χ3n) is 3.39. The summed E-state index contributed by atoms with van der Waals surface area (Å²) >= 11 is 0. The molecule has 0 saturated heterocycles. The van der Waals surface area contributed by atoms with Crippen molar-refractivity contribution in [2.75, 3.05) is 0 Å². The molecule has 0 amide bonds. The van der Waals surface area contributed by atoms with Crippen LogP contribution in [0.5, 0.6) is 0 Å². The zero-order chi connectivity index (χ0) is 10.5. The average molecular weight is 205 g/mol. The van der Waals surface area contributed by atoms with E-state index in [0.29, 0.717) is 5.92 Å². The molecule has 1 N–H and O–H groups in total. The van der Waals surface area contributed by atoms with E-state index in [1.807, 2.05) is 12.1 Å². The molecule has 2 rings (SSSR count). The fourth-order valence-electron chi connectivity index (χ4n) is 2.45. The van der Waals surface area contributed by atoms with E-state index < -0.39 is 0 Å². The predicted octanol–water partition coefficient (Wildman–Crippen LogP) is 2.57. The van der Waals surface area contributed by atoms with Crippen LogP contribution in [0.4, 0.5) is 0 Å². The lowest BCUT2D eigenvalue weighted by Crippen LogP contribution is -2.24. The second kappa shape index (κ2) is 5.26. The lowest BCUT2D eigenvalue weighted by molar-refractivity contribution is 0.0851. The van der Waals surface area contributed by atoms with Crippen LogP contribution in [0.2, 0.25) is 0 Å². The van der Waals surface area contributed by atoms with E-state index in [2.05, 4.69) is 4.98 Å². The van der Waals surface area contributed by atoms with E-state index in [1.165, 1.54) is 37.7 Å². The highest BCUT2D eigenvalue weighted by Crippen LogP contribution is 2.27. The summed E-state index contributed by atoms with van der Waals surface area (Å²) in [6.45, 7) is 0. The number of pyridine rings is 1. The van der Waals surface area contributed by atoms with Crippen LogP contribution in [0.3, 0.4) is 0 Å². The monoisotopic (exact) mass is 205 g/mol. The molecule has 1 fully saturated rings. The molecule has 2 heteroatoms. The van der Waals surface area contributed by atoms with Crippen LogP contribution in [-0.2, 0) is 6.42 Å². The molecule has 1 unspecified atom stereocenters. The maximum atomic E-state index is 10.1. The highest BCUT2D eigenvalue weighted by Gasteiger charge is 2.21. The summed E-state index contributed by atoms with van der Waals surface area (Å²) in [5.41, 5.74) is 1.20. The molecular weight excluding hydrogens is 186 g/mol. The summed E-state index contributed by atoms with van der Waals surface area (Å²) in [5, 5.41) is 10.1. The summed E-state index contributed by atoms with van der Waals surface area (Å²) in [6.07, 6.45) is 10.5. The minimum absolute atomic E-state index is 0.160. The van der Waals surface area contributed by atoms with E-state index in [0.717, 1.165) is 6.42 Å². The van der Waals surface area contributed by atoms with Gasteiger partial charge >= 0.3 is 0 Å². The van der Waals surface area contributed by atoms with Crippen LogP contribution in [0.25, 0.3) is 0 Å². The Balaban J connectivity index is 1.88. The third-order valence-corrected chi connectivity index (χ3v) is 3.39. The Hall–Kier alpha value is -0.890. The minimum Gasteiger partial charge on any atom is -0.392 e. The van der Waals surface area contributed by atoms with Gasteiger partial charge in [0.25, 0.3) is 0 Å². The molecule has 1 aromatic rings. The van der Waals surface area contributed by atoms with Gasteiger partial charge in [0, 0.05) is 12.4 Å². The molecule has 1 heterocycles. The minimum atomic E-state index is -0.160. The zero-order valence-corrected chi connectivity index (χ0v) is 9.10. The number of aromatic nitrogens is 1. The van der Waals surface area contributed by atoms with Gasteiger partial charge in [-0.3, -0.25) is 4.98 Å². The summed E-state index contributed by atoms with van der Waals surface area (Å²) in [4.78, 5) is 3.98. The molecule has 1 atom stereocenters. The van der Waals surface area contributed by atoms with Crippen LogP contribution in [0.1, 0.15) is 37.7 Å². The first-order valence-corrected chi connectivity index (χ1v) is 5.93. The highest BCUT2D eigenvalue weighted by atomic mass is 16.3. The highest BCUT2D eigenvalue weighted by molar-refractivity contribution is 5.11. The molecule has 1 aliphatic carbocycles. The van der Waals surface area contributed by atoms with Crippen molar-refractivity contribution in [2.45, 2.75) is 44.6 Å². The first-order chi connectivity index (χ1) is 7.36. The summed E-state index contributed by atoms with van der Waals surface area (Å²) < 4.78 is 0. The van der Waals surface area contributed by atoms with Gasteiger partial charge in [-0.05, 0) is 42.9 Å². The topological polar surface area (TPSA) is 33.1 Å². The van der Waals surface area contributed by atoms with Crippen LogP contribution < -0.4 is 0 Å². The van der Waals surface area contributed by atoms with Crippen molar-refractivity contribution < 1.29 is 5.11 Å². The number of hydrogen-bond donors (Lipinski definition) is 1. The van der Waals surface area contributed by atoms with E-state index >= 15 is 0 Å². The van der Waals surface area contributed by atoms with Crippen molar-refractivity contribution in [1.29, 1.82) is 0 Å². The zero-order valence-electron chi connectivity index (χ0n) is 9.10. The molecule has 2 nitrogen and oxygen atoms in total. The number of aliphatic hydroxyl groups excluding tert-OH is 1. The Kier molecular flexibility index (Phi) is 3.73. The number of nitrogens with zero attached hydrogens (tertiary/aromatic N) is 1. The van der Waals surface area contributed by atoms with Gasteiger partial charge < -0.3 is 5.11 Å². The van der Waals surface area contributed by atoms with Crippen molar-refractivity contribution in [3.63, 3.8) is 0 Å². The van der Waals surface area contributed by atoms with Gasteiger partial charge in [0.05, 0.1) is 6.10 Å². The van der Waals surface area contributed by atoms with Crippen molar-refractivity contribution in [1.82, 2.24) is 4.98 Å². The summed E-state index contributed by atoms with van der Waals surface area (Å²) in [6, 6.07) is 3.98. The molecule has 0 spiro atoms. The van der Waals surface area contributed by atoms with Crippen LogP contribution in [0.15, 0.2) is 24.5 Å². The maximum absolute atomic E-state index is 10.1. The molecule has 15 heavy (non-hydrogen) atoms. The molecular formula is C13H19NO. The molecule has 1 aliphatic rings. The Labute approximate surface area is 91.4 Å². The first-order valence-electron chi connectivity index (χ1n) is 5.93. The molecule has 0 radical (unpaired) electrons. The van der Waals surface area contributed by atoms with E-state index in [9.17, 15) is 5.11 Å². The Morgan fingerprint density at radius 3 is 2.53 bits per heavy atom. The lowest BCUT2D eigenvalue weighted by Gasteiger charge is -2.26. The average Bonchev–Trinajstić information content (AvgIpc) is 2.31. The predicted molar refractivity (Wildman–Crippen MR) is 60.5 cm³/mol. The van der Waals surface area contributed by atoms with Gasteiger partial charge in [-0.1, -0.05) is 19.3 Å². The fourth-order valence-corrected chi connectivity index (χ4v) is 2.45. The lowest BCUT2D eigenvalue weighted by atomic mass is 9.83. The second-order valence-electron chi connectivity index (χ2n) is 4.53. The van der Waals surface area contributed by atoms with E-state index in [-0.39, 0.29) is 6.10 Å². The normalized spacial score (nSPS) is 20.1. The molecule has 0 bridgehead atoms. The van der Waals surface area contributed by atoms with Crippen molar-refractivity contribution in [2.24, 2.45) is 5.92 Å². The standard InChI is InChI=1S/C13H19NO/c15-13(12-4-2-1-3-5-12)10-11-6-8-14-9-7-11/h6-9,12-13,15H,1-5,10H2. The van der Waals surface area contributed by atoms with Gasteiger partial charge in [-0.25, -0.2) is 0 Å². The van der Waals surface area contributed by atoms with Crippen molar-refractivity contribution in [3.8, 4) is 0 Å². The van der Waals surface area contributed by atoms with Crippen molar-refractivity contribution >= 4 is 0 Å². The van der Waals surface area contributed by atoms with E-state index in [1.54, 1.807) is 12.4 Å². The molecule has 1 saturated carbocycles. The van der Waals surface area contributed by atoms with Crippen LogP contribution in [0, 0.1) is 5.92 Å². The second-order valence-corrected chi connectivity index (χ2v) is 4.53. The molecule has 82 valence electrons. The molecule has 1 aromatic heterocycles.